The number of hydrogen-bond acceptors (Lipinski definition) is 4. The molecule has 1 saturated heterocycles. The Balaban J connectivity index is 2.36. The number of nitrogens with one attached hydrogen (secondary N) is 1. The quantitative estimate of drug-likeness (QED) is 0.507. The molecule has 1 rings (SSSR count). The summed E-state index contributed by atoms with van der Waals surface area (Å²) in [5.74, 6) is -0.503. The van der Waals surface area contributed by atoms with Crippen LogP contribution in [-0.2, 0) is 9.59 Å². The van der Waals surface area contributed by atoms with Crippen molar-refractivity contribution in [3.8, 4) is 0 Å². The van der Waals surface area contributed by atoms with Gasteiger partial charge in [0, 0.05) is 6.54 Å². The van der Waals surface area contributed by atoms with E-state index in [1.54, 1.807) is 4.90 Å². The molecule has 0 aliphatic carbocycles. The highest BCUT2D eigenvalue weighted by Gasteiger charge is 2.27. The van der Waals surface area contributed by atoms with Crippen molar-refractivity contribution in [3.05, 3.63) is 0 Å². The molecule has 86 valence electrons. The minimum Gasteiger partial charge on any atom is -0.394 e. The zero-order valence-electron chi connectivity index (χ0n) is 8.61. The van der Waals surface area contributed by atoms with Crippen LogP contribution in [0, 0.1) is 0 Å². The summed E-state index contributed by atoms with van der Waals surface area (Å²) in [6.45, 7) is 0.488. The van der Waals surface area contributed by atoms with Gasteiger partial charge in [0.1, 0.15) is 0 Å². The lowest BCUT2D eigenvalue weighted by Gasteiger charge is -2.22. The van der Waals surface area contributed by atoms with Crippen LogP contribution in [-0.4, -0.2) is 54.1 Å². The Kier molecular flexibility index (Phi) is 4.51. The standard InChI is InChI=1S/C9H17N3O3/c10-4-8(14)11-5-9(15)12-3-1-2-7(12)6-13/h7,13H,1-6,10H2,(H,11,14)/t7-/m1/s1. The fourth-order valence-electron chi connectivity index (χ4n) is 1.70. The molecule has 6 heteroatoms. The Morgan fingerprint density at radius 1 is 1.53 bits per heavy atom. The van der Waals surface area contributed by atoms with Crippen LogP contribution in [0.4, 0.5) is 0 Å². The molecular formula is C9H17N3O3. The monoisotopic (exact) mass is 215 g/mol. The Morgan fingerprint density at radius 3 is 2.87 bits per heavy atom. The van der Waals surface area contributed by atoms with E-state index < -0.39 is 0 Å². The second-order valence-electron chi connectivity index (χ2n) is 3.55. The normalized spacial score (nSPS) is 20.4. The highest BCUT2D eigenvalue weighted by Crippen LogP contribution is 2.16. The number of likely N-dealkylation sites (tertiary alicyclic amines) is 1. The van der Waals surface area contributed by atoms with Crippen LogP contribution in [0.25, 0.3) is 0 Å². The Morgan fingerprint density at radius 2 is 2.27 bits per heavy atom. The van der Waals surface area contributed by atoms with Gasteiger partial charge in [-0.3, -0.25) is 9.59 Å². The number of amides is 2. The molecule has 6 nitrogen and oxygen atoms in total. The van der Waals surface area contributed by atoms with Crippen LogP contribution in [0.1, 0.15) is 12.8 Å². The first kappa shape index (κ1) is 11.9. The lowest BCUT2D eigenvalue weighted by molar-refractivity contribution is -0.133. The molecule has 15 heavy (non-hydrogen) atoms. The molecule has 1 heterocycles. The second-order valence-corrected chi connectivity index (χ2v) is 3.55. The van der Waals surface area contributed by atoms with Crippen molar-refractivity contribution in [1.82, 2.24) is 10.2 Å². The molecule has 0 aromatic carbocycles. The van der Waals surface area contributed by atoms with Gasteiger partial charge in [-0.1, -0.05) is 0 Å². The van der Waals surface area contributed by atoms with Crippen LogP contribution >= 0.6 is 0 Å². The highest BCUT2D eigenvalue weighted by molar-refractivity contribution is 5.85. The van der Waals surface area contributed by atoms with E-state index in [0.717, 1.165) is 12.8 Å². The zero-order valence-corrected chi connectivity index (χ0v) is 8.61. The third-order valence-electron chi connectivity index (χ3n) is 2.53. The first-order valence-corrected chi connectivity index (χ1v) is 5.06. The third kappa shape index (κ3) is 3.17. The van der Waals surface area contributed by atoms with Crippen molar-refractivity contribution in [2.24, 2.45) is 5.73 Å². The molecule has 0 bridgehead atoms. The van der Waals surface area contributed by atoms with Gasteiger partial charge in [0.15, 0.2) is 0 Å². The molecule has 0 saturated carbocycles. The summed E-state index contributed by atoms with van der Waals surface area (Å²) in [5, 5.41) is 11.4. The van der Waals surface area contributed by atoms with Gasteiger partial charge >= 0.3 is 0 Å². The maximum absolute atomic E-state index is 11.6. The Labute approximate surface area is 88.4 Å². The topological polar surface area (TPSA) is 95.7 Å². The summed E-state index contributed by atoms with van der Waals surface area (Å²) < 4.78 is 0. The SMILES string of the molecule is NCC(=O)NCC(=O)N1CCC[C@@H]1CO. The number of rotatable bonds is 4. The Hall–Kier alpha value is -1.14. The van der Waals surface area contributed by atoms with E-state index in [0.29, 0.717) is 6.54 Å². The fraction of sp³-hybridized carbons (Fsp3) is 0.778. The van der Waals surface area contributed by atoms with E-state index in [9.17, 15) is 9.59 Å². The average molecular weight is 215 g/mol. The van der Waals surface area contributed by atoms with Gasteiger partial charge in [-0.2, -0.15) is 0 Å². The van der Waals surface area contributed by atoms with E-state index in [4.69, 9.17) is 10.8 Å². The number of nitrogens with two attached hydrogens (primary N) is 1. The van der Waals surface area contributed by atoms with Gasteiger partial charge < -0.3 is 21.1 Å². The lowest BCUT2D eigenvalue weighted by Crippen LogP contribution is -2.44. The largest absolute Gasteiger partial charge is 0.394 e. The van der Waals surface area contributed by atoms with Crippen LogP contribution in [0.3, 0.4) is 0 Å². The fourth-order valence-corrected chi connectivity index (χ4v) is 1.70. The van der Waals surface area contributed by atoms with E-state index in [-0.39, 0.29) is 37.6 Å². The summed E-state index contributed by atoms with van der Waals surface area (Å²) in [5.41, 5.74) is 5.09. The first-order chi connectivity index (χ1) is 7.19. The molecule has 0 aromatic rings. The van der Waals surface area contributed by atoms with Crippen LogP contribution < -0.4 is 11.1 Å². The highest BCUT2D eigenvalue weighted by atomic mass is 16.3. The molecule has 1 atom stereocenters. The van der Waals surface area contributed by atoms with E-state index in [1.165, 1.54) is 0 Å². The smallest absolute Gasteiger partial charge is 0.242 e. The van der Waals surface area contributed by atoms with Crippen molar-refractivity contribution < 1.29 is 14.7 Å². The molecule has 1 aliphatic rings. The first-order valence-electron chi connectivity index (χ1n) is 5.06. The van der Waals surface area contributed by atoms with Crippen LogP contribution in [0.2, 0.25) is 0 Å². The summed E-state index contributed by atoms with van der Waals surface area (Å²) in [7, 11) is 0. The molecule has 4 N–H and O–H groups in total. The summed E-state index contributed by atoms with van der Waals surface area (Å²) in [4.78, 5) is 24.0. The van der Waals surface area contributed by atoms with Gasteiger partial charge in [-0.05, 0) is 12.8 Å². The van der Waals surface area contributed by atoms with Crippen molar-refractivity contribution in [2.45, 2.75) is 18.9 Å². The third-order valence-corrected chi connectivity index (χ3v) is 2.53. The number of aliphatic hydroxyl groups is 1. The molecular weight excluding hydrogens is 198 g/mol. The van der Waals surface area contributed by atoms with Gasteiger partial charge in [-0.15, -0.1) is 0 Å². The molecule has 0 aromatic heterocycles. The lowest BCUT2D eigenvalue weighted by atomic mass is 10.2. The van der Waals surface area contributed by atoms with Crippen LogP contribution in [0.15, 0.2) is 0 Å². The number of aliphatic hydroxyl groups excluding tert-OH is 1. The Bertz CT molecular complexity index is 245. The second kappa shape index (κ2) is 5.67. The molecule has 0 radical (unpaired) electrons. The van der Waals surface area contributed by atoms with Crippen molar-refractivity contribution in [2.75, 3.05) is 26.2 Å². The molecule has 0 spiro atoms. The maximum Gasteiger partial charge on any atom is 0.242 e. The average Bonchev–Trinajstić information content (AvgIpc) is 2.73. The maximum atomic E-state index is 11.6. The van der Waals surface area contributed by atoms with Crippen molar-refractivity contribution >= 4 is 11.8 Å². The molecule has 1 aliphatic heterocycles. The summed E-state index contributed by atoms with van der Waals surface area (Å²) in [6, 6.07) is -0.0905. The predicted octanol–water partition coefficient (Wildman–Crippen LogP) is -1.96. The molecule has 2 amide bonds. The van der Waals surface area contributed by atoms with Gasteiger partial charge in [0.2, 0.25) is 11.8 Å². The molecule has 0 unspecified atom stereocenters. The predicted molar refractivity (Wildman–Crippen MR) is 53.9 cm³/mol. The number of carbonyl (C=O) groups excluding carboxylic acids is 2. The summed E-state index contributed by atoms with van der Waals surface area (Å²) >= 11 is 0. The number of nitrogens with zero attached hydrogens (tertiary/aromatic N) is 1. The zero-order chi connectivity index (χ0) is 11.3. The van der Waals surface area contributed by atoms with Gasteiger partial charge in [0.25, 0.3) is 0 Å². The number of hydrogen-bond donors (Lipinski definition) is 3. The van der Waals surface area contributed by atoms with Crippen molar-refractivity contribution in [3.63, 3.8) is 0 Å². The van der Waals surface area contributed by atoms with Crippen molar-refractivity contribution in [1.29, 1.82) is 0 Å². The van der Waals surface area contributed by atoms with Crippen LogP contribution in [0.5, 0.6) is 0 Å². The minimum absolute atomic E-state index is 0.0173. The minimum atomic E-state index is -0.344. The van der Waals surface area contributed by atoms with Gasteiger partial charge in [-0.25, -0.2) is 0 Å². The van der Waals surface area contributed by atoms with E-state index in [1.807, 2.05) is 0 Å². The van der Waals surface area contributed by atoms with E-state index >= 15 is 0 Å². The van der Waals surface area contributed by atoms with E-state index in [2.05, 4.69) is 5.32 Å². The summed E-state index contributed by atoms with van der Waals surface area (Å²) in [6.07, 6.45) is 1.73. The molecule has 1 fully saturated rings. The number of carbonyl (C=O) groups is 2. The van der Waals surface area contributed by atoms with Gasteiger partial charge in [0.05, 0.1) is 25.7 Å².